The summed E-state index contributed by atoms with van der Waals surface area (Å²) in [6.45, 7) is 4.56. The largest absolute Gasteiger partial charge is 0.497 e. The molecule has 8 nitrogen and oxygen atoms in total. The Morgan fingerprint density at radius 3 is 2.27 bits per heavy atom. The van der Waals surface area contributed by atoms with Crippen molar-refractivity contribution in [3.8, 4) is 28.5 Å². The van der Waals surface area contributed by atoms with Crippen LogP contribution in [0.2, 0.25) is 0 Å². The van der Waals surface area contributed by atoms with Gasteiger partial charge in [-0.05, 0) is 61.0 Å². The number of benzene rings is 2. The highest BCUT2D eigenvalue weighted by molar-refractivity contribution is 5.78. The molecule has 2 aromatic carbocycles. The molecular weight excluding hydrogens is 420 g/mol. The van der Waals surface area contributed by atoms with Gasteiger partial charge in [-0.3, -0.25) is 4.79 Å². The van der Waals surface area contributed by atoms with Crippen LogP contribution in [0.1, 0.15) is 5.56 Å². The highest BCUT2D eigenvalue weighted by Gasteiger charge is 2.23. The minimum atomic E-state index is -0.0433. The zero-order valence-corrected chi connectivity index (χ0v) is 19.2. The summed E-state index contributed by atoms with van der Waals surface area (Å²) < 4.78 is 16.3. The van der Waals surface area contributed by atoms with E-state index in [9.17, 15) is 4.79 Å². The van der Waals surface area contributed by atoms with Crippen LogP contribution in [-0.4, -0.2) is 68.0 Å². The lowest BCUT2D eigenvalue weighted by molar-refractivity contribution is -0.133. The molecule has 1 amide bonds. The van der Waals surface area contributed by atoms with Crippen molar-refractivity contribution in [2.24, 2.45) is 0 Å². The summed E-state index contributed by atoms with van der Waals surface area (Å²) in [4.78, 5) is 16.6. The molecule has 1 aliphatic heterocycles. The monoisotopic (exact) mass is 448 g/mol. The van der Waals surface area contributed by atoms with E-state index in [4.69, 9.17) is 14.2 Å². The van der Waals surface area contributed by atoms with Crippen molar-refractivity contribution in [1.82, 2.24) is 15.1 Å². The molecule has 2 heterocycles. The van der Waals surface area contributed by atoms with Gasteiger partial charge in [-0.2, -0.15) is 0 Å². The summed E-state index contributed by atoms with van der Waals surface area (Å²) >= 11 is 0. The minimum Gasteiger partial charge on any atom is -0.497 e. The highest BCUT2D eigenvalue weighted by Crippen LogP contribution is 2.28. The topological polar surface area (TPSA) is 77.0 Å². The molecule has 0 aliphatic carbocycles. The van der Waals surface area contributed by atoms with Crippen LogP contribution in [0.15, 0.2) is 54.6 Å². The second kappa shape index (κ2) is 10.2. The molecule has 3 aromatic rings. The van der Waals surface area contributed by atoms with Gasteiger partial charge in [0.05, 0.1) is 19.9 Å². The Labute approximate surface area is 193 Å². The van der Waals surface area contributed by atoms with Crippen LogP contribution in [-0.2, 0) is 4.79 Å². The summed E-state index contributed by atoms with van der Waals surface area (Å²) in [5.74, 6) is 2.77. The molecule has 0 radical (unpaired) electrons. The highest BCUT2D eigenvalue weighted by atomic mass is 16.5. The Morgan fingerprint density at radius 1 is 0.879 bits per heavy atom. The first-order chi connectivity index (χ1) is 16.1. The van der Waals surface area contributed by atoms with E-state index in [0.29, 0.717) is 37.7 Å². The Bertz CT molecular complexity index is 1080. The van der Waals surface area contributed by atoms with E-state index >= 15 is 0 Å². The predicted octanol–water partition coefficient (Wildman–Crippen LogP) is 3.20. The Hall–Kier alpha value is -3.81. The zero-order chi connectivity index (χ0) is 23.2. The number of ether oxygens (including phenoxy) is 3. The van der Waals surface area contributed by atoms with Gasteiger partial charge in [0.2, 0.25) is 0 Å². The van der Waals surface area contributed by atoms with Crippen LogP contribution in [0, 0.1) is 6.92 Å². The Kier molecular flexibility index (Phi) is 6.92. The van der Waals surface area contributed by atoms with E-state index in [1.165, 1.54) is 0 Å². The first-order valence-corrected chi connectivity index (χ1v) is 10.9. The summed E-state index contributed by atoms with van der Waals surface area (Å²) in [6, 6.07) is 17.3. The molecule has 1 aromatic heterocycles. The molecule has 0 spiro atoms. The fourth-order valence-electron chi connectivity index (χ4n) is 3.72. The van der Waals surface area contributed by atoms with Gasteiger partial charge in [-0.1, -0.05) is 6.07 Å². The summed E-state index contributed by atoms with van der Waals surface area (Å²) in [5, 5.41) is 8.77. The molecule has 1 saturated heterocycles. The molecule has 0 bridgehead atoms. The predicted molar refractivity (Wildman–Crippen MR) is 126 cm³/mol. The molecule has 0 N–H and O–H groups in total. The average molecular weight is 449 g/mol. The molecule has 0 saturated carbocycles. The third-order valence-electron chi connectivity index (χ3n) is 5.66. The Balaban J connectivity index is 1.29. The lowest BCUT2D eigenvalue weighted by atomic mass is 10.1. The molecule has 33 heavy (non-hydrogen) atoms. The summed E-state index contributed by atoms with van der Waals surface area (Å²) in [7, 11) is 3.24. The second-order valence-electron chi connectivity index (χ2n) is 7.82. The number of aromatic nitrogens is 2. The van der Waals surface area contributed by atoms with Gasteiger partial charge in [0.1, 0.15) is 5.75 Å². The van der Waals surface area contributed by atoms with Gasteiger partial charge < -0.3 is 24.0 Å². The number of piperazine rings is 1. The number of hydrogen-bond donors (Lipinski definition) is 0. The van der Waals surface area contributed by atoms with Crippen molar-refractivity contribution in [3.05, 3.63) is 60.2 Å². The number of rotatable bonds is 7. The fourth-order valence-corrected chi connectivity index (χ4v) is 3.72. The molecule has 1 fully saturated rings. The molecule has 8 heteroatoms. The van der Waals surface area contributed by atoms with Crippen LogP contribution < -0.4 is 19.1 Å². The van der Waals surface area contributed by atoms with Gasteiger partial charge >= 0.3 is 0 Å². The molecule has 172 valence electrons. The standard InChI is InChI=1S/C25H28N4O4/c1-18-4-10-22(23(16-18)32-3)33-17-25(30)29-14-12-28(13-15-29)24-11-9-21(26-27-24)19-5-7-20(31-2)8-6-19/h4-11,16H,12-15,17H2,1-3H3. The van der Waals surface area contributed by atoms with Crippen LogP contribution >= 0.6 is 0 Å². The van der Waals surface area contributed by atoms with Gasteiger partial charge in [-0.15, -0.1) is 10.2 Å². The van der Waals surface area contributed by atoms with Crippen molar-refractivity contribution in [2.75, 3.05) is 51.9 Å². The summed E-state index contributed by atoms with van der Waals surface area (Å²) in [5.41, 5.74) is 2.86. The molecule has 1 aliphatic rings. The lowest BCUT2D eigenvalue weighted by Crippen LogP contribution is -2.50. The lowest BCUT2D eigenvalue weighted by Gasteiger charge is -2.35. The number of anilines is 1. The summed E-state index contributed by atoms with van der Waals surface area (Å²) in [6.07, 6.45) is 0. The Morgan fingerprint density at radius 2 is 1.64 bits per heavy atom. The number of nitrogens with zero attached hydrogens (tertiary/aromatic N) is 4. The van der Waals surface area contributed by atoms with Crippen LogP contribution in [0.5, 0.6) is 17.2 Å². The van der Waals surface area contributed by atoms with E-state index in [0.717, 1.165) is 28.4 Å². The van der Waals surface area contributed by atoms with Crippen molar-refractivity contribution in [3.63, 3.8) is 0 Å². The smallest absolute Gasteiger partial charge is 0.260 e. The maximum atomic E-state index is 12.6. The van der Waals surface area contributed by atoms with Gasteiger partial charge in [0.15, 0.2) is 23.9 Å². The average Bonchev–Trinajstić information content (AvgIpc) is 2.88. The van der Waals surface area contributed by atoms with Gasteiger partial charge in [-0.25, -0.2) is 0 Å². The maximum Gasteiger partial charge on any atom is 0.260 e. The van der Waals surface area contributed by atoms with E-state index in [1.807, 2.05) is 66.4 Å². The maximum absolute atomic E-state index is 12.6. The number of amides is 1. The van der Waals surface area contributed by atoms with Gasteiger partial charge in [0, 0.05) is 31.7 Å². The van der Waals surface area contributed by atoms with E-state index in [-0.39, 0.29) is 12.5 Å². The fraction of sp³-hybridized carbons (Fsp3) is 0.320. The van der Waals surface area contributed by atoms with Crippen LogP contribution in [0.4, 0.5) is 5.82 Å². The van der Waals surface area contributed by atoms with Gasteiger partial charge in [0.25, 0.3) is 5.91 Å². The zero-order valence-electron chi connectivity index (χ0n) is 19.2. The van der Waals surface area contributed by atoms with Crippen molar-refractivity contribution in [2.45, 2.75) is 6.92 Å². The molecule has 4 rings (SSSR count). The molecule has 0 unspecified atom stereocenters. The molecular formula is C25H28N4O4. The van der Waals surface area contributed by atoms with E-state index in [2.05, 4.69) is 15.1 Å². The van der Waals surface area contributed by atoms with Crippen molar-refractivity contribution >= 4 is 11.7 Å². The van der Waals surface area contributed by atoms with Crippen LogP contribution in [0.3, 0.4) is 0 Å². The van der Waals surface area contributed by atoms with E-state index < -0.39 is 0 Å². The third-order valence-corrected chi connectivity index (χ3v) is 5.66. The molecule has 0 atom stereocenters. The number of methoxy groups -OCH3 is 2. The first kappa shape index (κ1) is 22.4. The second-order valence-corrected chi connectivity index (χ2v) is 7.82. The van der Waals surface area contributed by atoms with Crippen molar-refractivity contribution < 1.29 is 19.0 Å². The van der Waals surface area contributed by atoms with E-state index in [1.54, 1.807) is 14.2 Å². The first-order valence-electron chi connectivity index (χ1n) is 10.9. The third kappa shape index (κ3) is 5.34. The number of hydrogen-bond acceptors (Lipinski definition) is 7. The normalized spacial score (nSPS) is 13.5. The minimum absolute atomic E-state index is 0.0181. The number of aryl methyl sites for hydroxylation is 1. The SMILES string of the molecule is COc1ccc(-c2ccc(N3CCN(C(=O)COc4ccc(C)cc4OC)CC3)nn2)cc1. The van der Waals surface area contributed by atoms with Crippen LogP contribution in [0.25, 0.3) is 11.3 Å². The quantitative estimate of drug-likeness (QED) is 0.549. The number of carbonyl (C=O) groups excluding carboxylic acids is 1. The van der Waals surface area contributed by atoms with Crippen molar-refractivity contribution in [1.29, 1.82) is 0 Å². The number of carbonyl (C=O) groups is 1.